The van der Waals surface area contributed by atoms with E-state index >= 15 is 0 Å². The number of nitrogens with zero attached hydrogens (tertiary/aromatic N) is 2. The molecule has 1 saturated heterocycles. The third-order valence-corrected chi connectivity index (χ3v) is 6.00. The summed E-state index contributed by atoms with van der Waals surface area (Å²) in [6.45, 7) is 5.94. The molecule has 0 aromatic heterocycles. The number of nitrogens with one attached hydrogen (secondary N) is 1. The molecule has 1 unspecified atom stereocenters. The standard InChI is InChI=1S/C25H31N3O3/c1-19-25(30)28(22-7-3-4-8-23(22)31-19)16-13-24(29)26-17-20-9-11-21(12-10-20)18-27-14-5-2-6-15-27/h3-4,7-12,19H,2,5-6,13-18H2,1H3,(H,26,29). The molecule has 0 spiro atoms. The molecule has 2 aromatic rings. The van der Waals surface area contributed by atoms with E-state index in [0.717, 1.165) is 17.8 Å². The Labute approximate surface area is 184 Å². The molecule has 6 heteroatoms. The van der Waals surface area contributed by atoms with E-state index in [1.807, 2.05) is 24.3 Å². The van der Waals surface area contributed by atoms with Crippen LogP contribution in [0.15, 0.2) is 48.5 Å². The maximum absolute atomic E-state index is 12.5. The smallest absolute Gasteiger partial charge is 0.267 e. The van der Waals surface area contributed by atoms with E-state index in [1.54, 1.807) is 11.8 Å². The van der Waals surface area contributed by atoms with Gasteiger partial charge in [0.05, 0.1) is 5.69 Å². The Bertz CT molecular complexity index is 906. The van der Waals surface area contributed by atoms with E-state index in [4.69, 9.17) is 4.74 Å². The average molecular weight is 422 g/mol. The number of rotatable bonds is 7. The van der Waals surface area contributed by atoms with Crippen LogP contribution in [0.3, 0.4) is 0 Å². The second-order valence-electron chi connectivity index (χ2n) is 8.40. The molecular formula is C25H31N3O3. The predicted octanol–water partition coefficient (Wildman–Crippen LogP) is 3.49. The largest absolute Gasteiger partial charge is 0.479 e. The predicted molar refractivity (Wildman–Crippen MR) is 121 cm³/mol. The quantitative estimate of drug-likeness (QED) is 0.743. The number of ether oxygens (including phenoxy) is 1. The Balaban J connectivity index is 1.25. The number of piperidine rings is 1. The zero-order valence-electron chi connectivity index (χ0n) is 18.2. The molecule has 0 saturated carbocycles. The summed E-state index contributed by atoms with van der Waals surface area (Å²) in [6.07, 6.45) is 3.65. The maximum Gasteiger partial charge on any atom is 0.267 e. The van der Waals surface area contributed by atoms with E-state index < -0.39 is 6.10 Å². The Kier molecular flexibility index (Phi) is 6.87. The highest BCUT2D eigenvalue weighted by Crippen LogP contribution is 2.33. The van der Waals surface area contributed by atoms with Crippen LogP contribution < -0.4 is 15.0 Å². The Morgan fingerprint density at radius 1 is 1.03 bits per heavy atom. The second-order valence-corrected chi connectivity index (χ2v) is 8.40. The molecule has 4 rings (SSSR count). The van der Waals surface area contributed by atoms with Crippen molar-refractivity contribution in [3.63, 3.8) is 0 Å². The molecule has 2 aliphatic heterocycles. The number of para-hydroxylation sites is 2. The number of fused-ring (bicyclic) bond motifs is 1. The third-order valence-electron chi connectivity index (χ3n) is 6.00. The van der Waals surface area contributed by atoms with Gasteiger partial charge in [-0.25, -0.2) is 0 Å². The zero-order chi connectivity index (χ0) is 21.6. The van der Waals surface area contributed by atoms with Crippen LogP contribution in [-0.2, 0) is 22.7 Å². The van der Waals surface area contributed by atoms with Gasteiger partial charge in [0.1, 0.15) is 5.75 Å². The minimum atomic E-state index is -0.540. The molecule has 0 aliphatic carbocycles. The number of hydrogen-bond donors (Lipinski definition) is 1. The molecule has 2 amide bonds. The van der Waals surface area contributed by atoms with Crippen molar-refractivity contribution < 1.29 is 14.3 Å². The fraction of sp³-hybridized carbons (Fsp3) is 0.440. The molecule has 2 aromatic carbocycles. The van der Waals surface area contributed by atoms with Crippen LogP contribution in [0.4, 0.5) is 5.69 Å². The first kappa shape index (κ1) is 21.4. The SMILES string of the molecule is CC1Oc2ccccc2N(CCC(=O)NCc2ccc(CN3CCCCC3)cc2)C1=O. The molecule has 31 heavy (non-hydrogen) atoms. The van der Waals surface area contributed by atoms with Crippen molar-refractivity contribution in [1.29, 1.82) is 0 Å². The van der Waals surface area contributed by atoms with E-state index in [-0.39, 0.29) is 18.2 Å². The number of amides is 2. The fourth-order valence-corrected chi connectivity index (χ4v) is 4.23. The Morgan fingerprint density at radius 2 is 1.74 bits per heavy atom. The molecule has 1 fully saturated rings. The molecule has 2 heterocycles. The molecule has 164 valence electrons. The summed E-state index contributed by atoms with van der Waals surface area (Å²) >= 11 is 0. The number of carbonyl (C=O) groups is 2. The number of anilines is 1. The van der Waals surface area contributed by atoms with Crippen LogP contribution in [0.5, 0.6) is 5.75 Å². The van der Waals surface area contributed by atoms with Gasteiger partial charge in [0, 0.05) is 26.1 Å². The van der Waals surface area contributed by atoms with E-state index in [1.165, 1.54) is 37.9 Å². The lowest BCUT2D eigenvalue weighted by Crippen LogP contribution is -2.45. The highest BCUT2D eigenvalue weighted by Gasteiger charge is 2.31. The van der Waals surface area contributed by atoms with Crippen molar-refractivity contribution in [2.24, 2.45) is 0 Å². The van der Waals surface area contributed by atoms with E-state index in [9.17, 15) is 9.59 Å². The summed E-state index contributed by atoms with van der Waals surface area (Å²) in [7, 11) is 0. The van der Waals surface area contributed by atoms with Gasteiger partial charge in [-0.05, 0) is 56.1 Å². The third kappa shape index (κ3) is 5.44. The summed E-state index contributed by atoms with van der Waals surface area (Å²) in [5.74, 6) is 0.497. The van der Waals surface area contributed by atoms with Crippen molar-refractivity contribution in [2.45, 2.75) is 51.8 Å². The van der Waals surface area contributed by atoms with Gasteiger partial charge >= 0.3 is 0 Å². The summed E-state index contributed by atoms with van der Waals surface area (Å²) in [6, 6.07) is 15.9. The normalized spacial score (nSPS) is 18.9. The molecule has 2 aliphatic rings. The van der Waals surface area contributed by atoms with Crippen molar-refractivity contribution in [3.05, 3.63) is 59.7 Å². The van der Waals surface area contributed by atoms with Crippen LogP contribution in [0.2, 0.25) is 0 Å². The number of hydrogen-bond acceptors (Lipinski definition) is 4. The summed E-state index contributed by atoms with van der Waals surface area (Å²) in [5, 5.41) is 2.97. The van der Waals surface area contributed by atoms with Gasteiger partial charge in [-0.15, -0.1) is 0 Å². The number of likely N-dealkylation sites (tertiary alicyclic amines) is 1. The van der Waals surface area contributed by atoms with Crippen molar-refractivity contribution in [3.8, 4) is 5.75 Å². The zero-order valence-corrected chi connectivity index (χ0v) is 18.2. The average Bonchev–Trinajstić information content (AvgIpc) is 2.79. The minimum Gasteiger partial charge on any atom is -0.479 e. The monoisotopic (exact) mass is 421 g/mol. The topological polar surface area (TPSA) is 61.9 Å². The van der Waals surface area contributed by atoms with Crippen LogP contribution in [-0.4, -0.2) is 42.5 Å². The molecule has 1 N–H and O–H groups in total. The lowest BCUT2D eigenvalue weighted by molar-refractivity contribution is -0.125. The fourth-order valence-electron chi connectivity index (χ4n) is 4.23. The highest BCUT2D eigenvalue weighted by molar-refractivity contribution is 6.00. The van der Waals surface area contributed by atoms with Crippen LogP contribution in [0.25, 0.3) is 0 Å². The maximum atomic E-state index is 12.5. The molecule has 1 atom stereocenters. The number of benzene rings is 2. The Hall–Kier alpha value is -2.86. The van der Waals surface area contributed by atoms with Gasteiger partial charge in [-0.1, -0.05) is 42.8 Å². The van der Waals surface area contributed by atoms with Gasteiger partial charge in [-0.3, -0.25) is 14.5 Å². The van der Waals surface area contributed by atoms with Crippen LogP contribution in [0.1, 0.15) is 43.7 Å². The lowest BCUT2D eigenvalue weighted by Gasteiger charge is -2.32. The second kappa shape index (κ2) is 9.96. The van der Waals surface area contributed by atoms with Gasteiger partial charge in [0.2, 0.25) is 5.91 Å². The van der Waals surface area contributed by atoms with E-state index in [0.29, 0.717) is 18.8 Å². The first-order valence-electron chi connectivity index (χ1n) is 11.2. The van der Waals surface area contributed by atoms with Gasteiger partial charge in [-0.2, -0.15) is 0 Å². The molecular weight excluding hydrogens is 390 g/mol. The van der Waals surface area contributed by atoms with E-state index in [2.05, 4.69) is 34.5 Å². The van der Waals surface area contributed by atoms with Gasteiger partial charge in [0.25, 0.3) is 5.91 Å². The highest BCUT2D eigenvalue weighted by atomic mass is 16.5. The lowest BCUT2D eigenvalue weighted by atomic mass is 10.1. The van der Waals surface area contributed by atoms with Crippen molar-refractivity contribution in [2.75, 3.05) is 24.5 Å². The van der Waals surface area contributed by atoms with Crippen molar-refractivity contribution >= 4 is 17.5 Å². The summed E-state index contributed by atoms with van der Waals surface area (Å²) in [5.41, 5.74) is 3.12. The van der Waals surface area contributed by atoms with Gasteiger partial charge < -0.3 is 15.0 Å². The first-order chi connectivity index (χ1) is 15.1. The minimum absolute atomic E-state index is 0.0678. The molecule has 0 radical (unpaired) electrons. The Morgan fingerprint density at radius 3 is 2.52 bits per heavy atom. The first-order valence-corrected chi connectivity index (χ1v) is 11.2. The summed E-state index contributed by atoms with van der Waals surface area (Å²) < 4.78 is 5.65. The molecule has 6 nitrogen and oxygen atoms in total. The number of carbonyl (C=O) groups excluding carboxylic acids is 2. The van der Waals surface area contributed by atoms with Crippen LogP contribution >= 0.6 is 0 Å². The van der Waals surface area contributed by atoms with Gasteiger partial charge in [0.15, 0.2) is 6.10 Å². The summed E-state index contributed by atoms with van der Waals surface area (Å²) in [4.78, 5) is 29.1. The molecule has 0 bridgehead atoms. The van der Waals surface area contributed by atoms with Crippen molar-refractivity contribution in [1.82, 2.24) is 10.2 Å². The van der Waals surface area contributed by atoms with Crippen LogP contribution in [0, 0.1) is 0 Å².